The second-order valence-electron chi connectivity index (χ2n) is 8.10. The molecule has 0 spiro atoms. The van der Waals surface area contributed by atoms with Crippen LogP contribution >= 0.6 is 0 Å². The number of alkyl halides is 2. The lowest BCUT2D eigenvalue weighted by Crippen LogP contribution is -2.42. The number of hydrogen-bond donors (Lipinski definition) is 1. The molecule has 4 rings (SSSR count). The highest BCUT2D eigenvalue weighted by Crippen LogP contribution is 2.34. The Hall–Kier alpha value is -3.09. The second kappa shape index (κ2) is 9.41. The minimum Gasteiger partial charge on any atom is -0.382 e. The van der Waals surface area contributed by atoms with Gasteiger partial charge in [-0.2, -0.15) is 5.26 Å². The number of anilines is 1. The fourth-order valence-corrected chi connectivity index (χ4v) is 5.31. The molecular formula is C24H24F2N4O2S. The number of sulfonamides is 1. The molecule has 0 aliphatic carbocycles. The summed E-state index contributed by atoms with van der Waals surface area (Å²) in [6.07, 6.45) is 2.05. The van der Waals surface area contributed by atoms with Crippen LogP contribution in [0.4, 0.5) is 14.5 Å². The lowest BCUT2D eigenvalue weighted by Gasteiger charge is -2.32. The molecule has 0 unspecified atom stereocenters. The van der Waals surface area contributed by atoms with Gasteiger partial charge in [0.05, 0.1) is 17.4 Å². The third-order valence-corrected chi connectivity index (χ3v) is 7.88. The van der Waals surface area contributed by atoms with Gasteiger partial charge < -0.3 is 5.32 Å². The van der Waals surface area contributed by atoms with E-state index in [2.05, 4.69) is 10.3 Å². The van der Waals surface area contributed by atoms with E-state index >= 15 is 0 Å². The maximum Gasteiger partial charge on any atom is 0.263 e. The molecule has 3 aromatic rings. The Morgan fingerprint density at radius 3 is 2.58 bits per heavy atom. The van der Waals surface area contributed by atoms with Crippen molar-refractivity contribution < 1.29 is 17.2 Å². The highest BCUT2D eigenvalue weighted by molar-refractivity contribution is 7.89. The first-order valence-corrected chi connectivity index (χ1v) is 12.4. The number of aromatic nitrogens is 1. The van der Waals surface area contributed by atoms with Gasteiger partial charge in [0.1, 0.15) is 0 Å². The lowest BCUT2D eigenvalue weighted by atomic mass is 9.96. The van der Waals surface area contributed by atoms with Crippen molar-refractivity contribution in [3.63, 3.8) is 0 Å². The molecule has 2 aromatic carbocycles. The van der Waals surface area contributed by atoms with Crippen molar-refractivity contribution in [1.82, 2.24) is 9.29 Å². The average Bonchev–Trinajstić information content (AvgIpc) is 2.84. The molecule has 172 valence electrons. The van der Waals surface area contributed by atoms with Crippen molar-refractivity contribution in [3.05, 3.63) is 59.9 Å². The molecule has 1 aromatic heterocycles. The monoisotopic (exact) mass is 470 g/mol. The smallest absolute Gasteiger partial charge is 0.263 e. The van der Waals surface area contributed by atoms with Gasteiger partial charge in [-0.3, -0.25) is 4.98 Å². The molecule has 1 fully saturated rings. The van der Waals surface area contributed by atoms with E-state index in [0.717, 1.165) is 16.5 Å². The number of rotatable bonds is 6. The average molecular weight is 471 g/mol. The third-order valence-electron chi connectivity index (χ3n) is 6.00. The second-order valence-corrected chi connectivity index (χ2v) is 10.4. The zero-order valence-corrected chi connectivity index (χ0v) is 18.9. The minimum absolute atomic E-state index is 0.0639. The van der Waals surface area contributed by atoms with Gasteiger partial charge in [0, 0.05) is 48.2 Å². The standard InChI is InChI=1S/C24H24F2N4O2S/c1-2-33(31,32)30-7-4-21(5-8-30)29-23-13-19(11-17-3-6-28-15-22(17)23)18-9-16(14-27)10-20(12-18)24(25)26/h3,6,9-13,15,21,24,29H,2,4-5,7-8H2,1H3. The molecule has 2 heterocycles. The quantitative estimate of drug-likeness (QED) is 0.552. The van der Waals surface area contributed by atoms with E-state index in [9.17, 15) is 22.5 Å². The van der Waals surface area contributed by atoms with Gasteiger partial charge in [-0.15, -0.1) is 0 Å². The van der Waals surface area contributed by atoms with Crippen molar-refractivity contribution >= 4 is 26.5 Å². The van der Waals surface area contributed by atoms with E-state index in [1.165, 1.54) is 16.4 Å². The van der Waals surface area contributed by atoms with Crippen LogP contribution in [0.15, 0.2) is 48.8 Å². The van der Waals surface area contributed by atoms with Gasteiger partial charge in [-0.25, -0.2) is 21.5 Å². The minimum atomic E-state index is -3.20. The molecule has 9 heteroatoms. The maximum absolute atomic E-state index is 13.4. The number of fused-ring (bicyclic) bond motifs is 1. The predicted molar refractivity (Wildman–Crippen MR) is 125 cm³/mol. The Labute approximate surface area is 191 Å². The van der Waals surface area contributed by atoms with E-state index in [-0.39, 0.29) is 22.9 Å². The first kappa shape index (κ1) is 23.1. The molecule has 0 atom stereocenters. The number of halogens is 2. The molecule has 33 heavy (non-hydrogen) atoms. The Morgan fingerprint density at radius 2 is 1.91 bits per heavy atom. The SMILES string of the molecule is CCS(=O)(=O)N1CCC(Nc2cc(-c3cc(C#N)cc(C(F)F)c3)cc3ccncc23)CC1. The van der Waals surface area contributed by atoms with Crippen LogP contribution in [0.1, 0.15) is 37.3 Å². The molecule has 0 radical (unpaired) electrons. The van der Waals surface area contributed by atoms with Crippen molar-refractivity contribution in [1.29, 1.82) is 5.26 Å². The lowest BCUT2D eigenvalue weighted by molar-refractivity contribution is 0.151. The van der Waals surface area contributed by atoms with Crippen LogP contribution in [-0.2, 0) is 10.0 Å². The molecular weight excluding hydrogens is 446 g/mol. The number of nitrogens with zero attached hydrogens (tertiary/aromatic N) is 3. The molecule has 6 nitrogen and oxygen atoms in total. The Bertz CT molecular complexity index is 1310. The van der Waals surface area contributed by atoms with E-state index in [0.29, 0.717) is 37.1 Å². The molecule has 0 bridgehead atoms. The van der Waals surface area contributed by atoms with Crippen LogP contribution in [0.2, 0.25) is 0 Å². The predicted octanol–water partition coefficient (Wildman–Crippen LogP) is 4.94. The van der Waals surface area contributed by atoms with Gasteiger partial charge in [0.25, 0.3) is 6.43 Å². The van der Waals surface area contributed by atoms with Crippen LogP contribution in [0.3, 0.4) is 0 Å². The van der Waals surface area contributed by atoms with E-state index in [4.69, 9.17) is 0 Å². The summed E-state index contributed by atoms with van der Waals surface area (Å²) in [5, 5.41) is 14.6. The molecule has 1 N–H and O–H groups in total. The zero-order valence-electron chi connectivity index (χ0n) is 18.1. The summed E-state index contributed by atoms with van der Waals surface area (Å²) in [5.74, 6) is 0.0891. The first-order valence-electron chi connectivity index (χ1n) is 10.8. The largest absolute Gasteiger partial charge is 0.382 e. The Balaban J connectivity index is 1.68. The summed E-state index contributed by atoms with van der Waals surface area (Å²) in [6, 6.07) is 11.9. The number of nitriles is 1. The molecule has 0 amide bonds. The van der Waals surface area contributed by atoms with Gasteiger partial charge in [0.15, 0.2) is 0 Å². The van der Waals surface area contributed by atoms with Crippen molar-refractivity contribution in [3.8, 4) is 17.2 Å². The summed E-state index contributed by atoms with van der Waals surface area (Å²) in [4.78, 5) is 4.22. The molecule has 0 saturated carbocycles. The Morgan fingerprint density at radius 1 is 1.18 bits per heavy atom. The summed E-state index contributed by atoms with van der Waals surface area (Å²) < 4.78 is 52.6. The van der Waals surface area contributed by atoms with E-state index in [1.807, 2.05) is 24.3 Å². The van der Waals surface area contributed by atoms with Gasteiger partial charge in [0.2, 0.25) is 10.0 Å². The Kier molecular flexibility index (Phi) is 6.58. The van der Waals surface area contributed by atoms with Crippen molar-refractivity contribution in [2.45, 2.75) is 32.2 Å². The number of nitrogens with one attached hydrogen (secondary N) is 1. The molecule has 1 aliphatic heterocycles. The highest BCUT2D eigenvalue weighted by Gasteiger charge is 2.27. The van der Waals surface area contributed by atoms with Gasteiger partial charge in [-0.1, -0.05) is 0 Å². The molecule has 1 saturated heterocycles. The van der Waals surface area contributed by atoms with E-state index < -0.39 is 16.4 Å². The maximum atomic E-state index is 13.4. The topological polar surface area (TPSA) is 86.1 Å². The highest BCUT2D eigenvalue weighted by atomic mass is 32.2. The van der Waals surface area contributed by atoms with Gasteiger partial charge >= 0.3 is 0 Å². The summed E-state index contributed by atoms with van der Waals surface area (Å²) in [6.45, 7) is 2.54. The fraction of sp³-hybridized carbons (Fsp3) is 0.333. The summed E-state index contributed by atoms with van der Waals surface area (Å²) in [7, 11) is -3.20. The van der Waals surface area contributed by atoms with Crippen molar-refractivity contribution in [2.75, 3.05) is 24.2 Å². The summed E-state index contributed by atoms with van der Waals surface area (Å²) in [5.41, 5.74) is 2.03. The number of pyridine rings is 1. The fourth-order valence-electron chi connectivity index (χ4n) is 4.17. The normalized spacial score (nSPS) is 15.6. The van der Waals surface area contributed by atoms with Crippen LogP contribution in [0.25, 0.3) is 21.9 Å². The number of hydrogen-bond acceptors (Lipinski definition) is 5. The number of piperidine rings is 1. The van der Waals surface area contributed by atoms with Crippen LogP contribution in [-0.4, -0.2) is 42.6 Å². The molecule has 1 aliphatic rings. The van der Waals surface area contributed by atoms with E-state index in [1.54, 1.807) is 25.4 Å². The van der Waals surface area contributed by atoms with Crippen LogP contribution in [0, 0.1) is 11.3 Å². The summed E-state index contributed by atoms with van der Waals surface area (Å²) >= 11 is 0. The van der Waals surface area contributed by atoms with Gasteiger partial charge in [-0.05, 0) is 72.7 Å². The third kappa shape index (κ3) is 4.97. The van der Waals surface area contributed by atoms with Crippen molar-refractivity contribution in [2.24, 2.45) is 0 Å². The zero-order chi connectivity index (χ0) is 23.6. The van der Waals surface area contributed by atoms with Crippen LogP contribution in [0.5, 0.6) is 0 Å². The van der Waals surface area contributed by atoms with Crippen LogP contribution < -0.4 is 5.32 Å². The first-order chi connectivity index (χ1) is 15.8. The number of benzene rings is 2.